The van der Waals surface area contributed by atoms with Crippen molar-refractivity contribution in [3.05, 3.63) is 23.1 Å². The van der Waals surface area contributed by atoms with Crippen molar-refractivity contribution >= 4 is 15.9 Å². The molecular weight excluding hydrogens is 560 g/mol. The Morgan fingerprint density at radius 1 is 1.05 bits per heavy atom. The van der Waals surface area contributed by atoms with Gasteiger partial charge in [-0.25, -0.2) is 0 Å². The van der Waals surface area contributed by atoms with E-state index < -0.39 is 5.79 Å². The Hall–Kier alpha value is -1.04. The molecule has 3 saturated carbocycles. The summed E-state index contributed by atoms with van der Waals surface area (Å²) in [5.74, 6) is 7.88. The van der Waals surface area contributed by atoms with Crippen LogP contribution in [-0.4, -0.2) is 43.8 Å². The van der Waals surface area contributed by atoms with E-state index in [2.05, 4.69) is 47.3 Å². The van der Waals surface area contributed by atoms with Gasteiger partial charge in [0.05, 0.1) is 12.2 Å². The van der Waals surface area contributed by atoms with E-state index in [-0.39, 0.29) is 36.1 Å². The van der Waals surface area contributed by atoms with Crippen LogP contribution < -0.4 is 0 Å². The van der Waals surface area contributed by atoms with Crippen molar-refractivity contribution < 1.29 is 28.4 Å². The first kappa shape index (κ1) is 28.1. The summed E-state index contributed by atoms with van der Waals surface area (Å²) in [6.07, 6.45) is 16.7. The van der Waals surface area contributed by atoms with Crippen LogP contribution in [0.1, 0.15) is 96.8 Å². The van der Waals surface area contributed by atoms with E-state index in [0.717, 1.165) is 94.7 Å². The molecule has 1 spiro atoms. The van der Waals surface area contributed by atoms with Gasteiger partial charge >= 0.3 is 0 Å². The maximum atomic E-state index is 6.85. The second-order valence-electron chi connectivity index (χ2n) is 12.6. The fourth-order valence-corrected chi connectivity index (χ4v) is 8.75. The van der Waals surface area contributed by atoms with Crippen LogP contribution in [0, 0.1) is 35.0 Å². The largest absolute Gasteiger partial charge is 0.423 e. The van der Waals surface area contributed by atoms with E-state index in [1.54, 1.807) is 0 Å². The van der Waals surface area contributed by atoms with Crippen LogP contribution in [0.4, 0.5) is 0 Å². The second-order valence-corrected chi connectivity index (χ2v) is 13.5. The number of ether oxygens (including phenoxy) is 6. The molecule has 6 rings (SSSR count). The average molecular weight is 606 g/mol. The van der Waals surface area contributed by atoms with Gasteiger partial charge in [0.15, 0.2) is 12.6 Å². The lowest BCUT2D eigenvalue weighted by atomic mass is 9.63. The molecule has 0 aromatic carbocycles. The summed E-state index contributed by atoms with van der Waals surface area (Å²) in [6, 6.07) is 0. The van der Waals surface area contributed by atoms with E-state index in [1.165, 1.54) is 12.8 Å². The van der Waals surface area contributed by atoms with Gasteiger partial charge in [-0.1, -0.05) is 35.4 Å². The first-order valence-electron chi connectivity index (χ1n) is 15.4. The zero-order chi connectivity index (χ0) is 26.9. The standard InChI is InChI=1S/C32H45BrO6/c1-3-4-7-13-31(14-10-15-31)30(37-29-12-6-9-17-35-29)26(33)19-24-25-21-32(38-22(2)39-32)20-23(25)18-27(24)36-28-11-5-8-16-34-28/h19,23-25,27-30H,2-3,5-6,8-18,20-21H2,1H3/b26-19-/t23-,24-,25+,27-,28?,29+,30-/m1/s1. The summed E-state index contributed by atoms with van der Waals surface area (Å²) >= 11 is 4.09. The molecule has 1 unspecified atom stereocenters. The number of fused-ring (bicyclic) bond motifs is 1. The Bertz CT molecular complexity index is 959. The van der Waals surface area contributed by atoms with E-state index >= 15 is 0 Å². The van der Waals surface area contributed by atoms with E-state index in [9.17, 15) is 0 Å². The highest BCUT2D eigenvalue weighted by Crippen LogP contribution is 2.59. The molecule has 0 aromatic rings. The third-order valence-electron chi connectivity index (χ3n) is 9.92. The molecule has 3 heterocycles. The Balaban J connectivity index is 1.26. The van der Waals surface area contributed by atoms with Gasteiger partial charge in [0, 0.05) is 54.7 Å². The van der Waals surface area contributed by atoms with Crippen molar-refractivity contribution in [1.82, 2.24) is 0 Å². The Morgan fingerprint density at radius 2 is 1.79 bits per heavy atom. The van der Waals surface area contributed by atoms with Crippen LogP contribution in [0.5, 0.6) is 0 Å². The Morgan fingerprint density at radius 3 is 2.41 bits per heavy atom. The highest BCUT2D eigenvalue weighted by Gasteiger charge is 2.61. The van der Waals surface area contributed by atoms with E-state index in [4.69, 9.17) is 28.4 Å². The molecule has 7 atom stereocenters. The van der Waals surface area contributed by atoms with E-state index in [0.29, 0.717) is 17.8 Å². The predicted octanol–water partition coefficient (Wildman–Crippen LogP) is 7.32. The van der Waals surface area contributed by atoms with Crippen LogP contribution in [0.15, 0.2) is 23.1 Å². The van der Waals surface area contributed by atoms with Gasteiger partial charge in [-0.3, -0.25) is 0 Å². The van der Waals surface area contributed by atoms with Crippen LogP contribution in [0.3, 0.4) is 0 Å². The molecular formula is C32H45BrO6. The molecule has 6 fully saturated rings. The van der Waals surface area contributed by atoms with Crippen molar-refractivity contribution in [2.75, 3.05) is 13.2 Å². The molecule has 3 aliphatic heterocycles. The number of rotatable bonds is 8. The number of hydrogen-bond acceptors (Lipinski definition) is 6. The topological polar surface area (TPSA) is 55.4 Å². The second kappa shape index (κ2) is 12.1. The minimum absolute atomic E-state index is 0.0218. The molecule has 216 valence electrons. The normalized spacial score (nSPS) is 37.5. The molecule has 39 heavy (non-hydrogen) atoms. The van der Waals surface area contributed by atoms with Crippen LogP contribution in [-0.2, 0) is 28.4 Å². The first-order valence-corrected chi connectivity index (χ1v) is 16.2. The van der Waals surface area contributed by atoms with Crippen LogP contribution >= 0.6 is 15.9 Å². The highest BCUT2D eigenvalue weighted by atomic mass is 79.9. The van der Waals surface area contributed by atoms with Gasteiger partial charge in [-0.2, -0.15) is 0 Å². The summed E-state index contributed by atoms with van der Waals surface area (Å²) in [7, 11) is 0. The van der Waals surface area contributed by atoms with Crippen molar-refractivity contribution in [3.63, 3.8) is 0 Å². The SMILES string of the molecule is C=C1OC2(C[C@H]3C[C@@H](OC4CCCCO4)[C@H](/C=C(\Br)[C@@H](O[C@H]4CCCCO4)C4(CC#CCC)CCC4)[C@H]3C2)O1. The third kappa shape index (κ3) is 5.97. The predicted molar refractivity (Wildman–Crippen MR) is 151 cm³/mol. The minimum Gasteiger partial charge on any atom is -0.423 e. The van der Waals surface area contributed by atoms with Crippen LogP contribution in [0.2, 0.25) is 0 Å². The number of hydrogen-bond donors (Lipinski definition) is 0. The highest BCUT2D eigenvalue weighted by molar-refractivity contribution is 9.11. The maximum Gasteiger partial charge on any atom is 0.278 e. The van der Waals surface area contributed by atoms with Gasteiger partial charge in [-0.05, 0) is 76.2 Å². The van der Waals surface area contributed by atoms with Gasteiger partial charge in [0.25, 0.3) is 11.7 Å². The summed E-state index contributed by atoms with van der Waals surface area (Å²) < 4.78 is 38.7. The van der Waals surface area contributed by atoms with Crippen molar-refractivity contribution in [1.29, 1.82) is 0 Å². The fraction of sp³-hybridized carbons (Fsp3) is 0.812. The minimum atomic E-state index is -0.492. The Labute approximate surface area is 242 Å². The summed E-state index contributed by atoms with van der Waals surface area (Å²) in [5.41, 5.74) is 0.0218. The summed E-state index contributed by atoms with van der Waals surface area (Å²) in [4.78, 5) is 0. The Kier molecular flexibility index (Phi) is 8.69. The van der Waals surface area contributed by atoms with Crippen molar-refractivity contribution in [2.24, 2.45) is 23.2 Å². The van der Waals surface area contributed by atoms with Gasteiger partial charge in [0.1, 0.15) is 0 Å². The van der Waals surface area contributed by atoms with Gasteiger partial charge < -0.3 is 28.4 Å². The van der Waals surface area contributed by atoms with Gasteiger partial charge in [0.2, 0.25) is 0 Å². The fourth-order valence-electron chi connectivity index (χ4n) is 7.85. The molecule has 7 heteroatoms. The van der Waals surface area contributed by atoms with Crippen molar-refractivity contribution in [2.45, 2.75) is 127 Å². The zero-order valence-electron chi connectivity index (χ0n) is 23.5. The molecule has 0 bridgehead atoms. The maximum absolute atomic E-state index is 6.85. The third-order valence-corrected chi connectivity index (χ3v) is 10.6. The van der Waals surface area contributed by atoms with Crippen LogP contribution in [0.25, 0.3) is 0 Å². The van der Waals surface area contributed by atoms with E-state index in [1.807, 2.05) is 0 Å². The molecule has 0 amide bonds. The molecule has 0 N–H and O–H groups in total. The molecule has 0 aromatic heterocycles. The monoisotopic (exact) mass is 604 g/mol. The molecule has 6 aliphatic rings. The lowest BCUT2D eigenvalue weighted by Crippen LogP contribution is -2.46. The lowest BCUT2D eigenvalue weighted by molar-refractivity contribution is -0.332. The average Bonchev–Trinajstić information content (AvgIpc) is 3.41. The molecule has 3 aliphatic carbocycles. The van der Waals surface area contributed by atoms with Gasteiger partial charge in [-0.15, -0.1) is 11.8 Å². The summed E-state index contributed by atoms with van der Waals surface area (Å²) in [5, 5.41) is 0. The molecule has 6 nitrogen and oxygen atoms in total. The zero-order valence-corrected chi connectivity index (χ0v) is 25.1. The summed E-state index contributed by atoms with van der Waals surface area (Å²) in [6.45, 7) is 7.53. The molecule has 3 saturated heterocycles. The first-order chi connectivity index (χ1) is 19.0. The lowest BCUT2D eigenvalue weighted by Gasteiger charge is -2.48. The quantitative estimate of drug-likeness (QED) is 0.270. The van der Waals surface area contributed by atoms with Crippen molar-refractivity contribution in [3.8, 4) is 11.8 Å². The number of halogens is 1. The smallest absolute Gasteiger partial charge is 0.278 e. The molecule has 0 radical (unpaired) electrons.